The van der Waals surface area contributed by atoms with Crippen molar-refractivity contribution in [2.45, 2.75) is 43.7 Å². The molecule has 8 heteroatoms. The van der Waals surface area contributed by atoms with Gasteiger partial charge in [0, 0.05) is 31.8 Å². The number of carbonyl (C=O) groups excluding carboxylic acids is 1. The lowest BCUT2D eigenvalue weighted by Crippen LogP contribution is -2.40. The van der Waals surface area contributed by atoms with Gasteiger partial charge in [0.05, 0.1) is 30.7 Å². The lowest BCUT2D eigenvalue weighted by Gasteiger charge is -2.23. The minimum absolute atomic E-state index is 0.00924. The van der Waals surface area contributed by atoms with Crippen molar-refractivity contribution >= 4 is 12.0 Å². The third-order valence-electron chi connectivity index (χ3n) is 4.92. The normalized spacial score (nSPS) is 26.9. The maximum absolute atomic E-state index is 12.2. The van der Waals surface area contributed by atoms with E-state index in [1.165, 1.54) is 17.7 Å². The molecule has 1 aliphatic carbocycles. The molecule has 3 heterocycles. The Bertz CT molecular complexity index is 646. The molecule has 4 rings (SSSR count). The van der Waals surface area contributed by atoms with Crippen LogP contribution >= 0.6 is 0 Å². The Balaban J connectivity index is 1.41. The summed E-state index contributed by atoms with van der Waals surface area (Å²) in [5.74, 6) is 1.00. The summed E-state index contributed by atoms with van der Waals surface area (Å²) in [6, 6.07) is -0.125. The van der Waals surface area contributed by atoms with E-state index < -0.39 is 6.09 Å². The predicted molar refractivity (Wildman–Crippen MR) is 82.8 cm³/mol. The van der Waals surface area contributed by atoms with E-state index in [0.717, 1.165) is 5.69 Å². The number of hydrogen-bond donors (Lipinski definition) is 1. The summed E-state index contributed by atoms with van der Waals surface area (Å²) in [7, 11) is 0. The molecule has 1 aromatic rings. The van der Waals surface area contributed by atoms with Crippen LogP contribution in [0.5, 0.6) is 5.88 Å². The van der Waals surface area contributed by atoms with E-state index in [1.54, 1.807) is 17.3 Å². The van der Waals surface area contributed by atoms with Gasteiger partial charge >= 0.3 is 6.09 Å². The van der Waals surface area contributed by atoms with Crippen molar-refractivity contribution in [3.05, 3.63) is 18.1 Å². The van der Waals surface area contributed by atoms with Gasteiger partial charge < -0.3 is 19.6 Å². The molecule has 8 nitrogen and oxygen atoms in total. The van der Waals surface area contributed by atoms with Crippen LogP contribution < -0.4 is 4.74 Å². The van der Waals surface area contributed by atoms with E-state index in [4.69, 9.17) is 4.74 Å². The average molecular weight is 332 g/mol. The largest absolute Gasteiger partial charge is 0.471 e. The number of fused-ring (bicyclic) bond motifs is 1. The standard InChI is InChI=1S/C16H20N4O4/c21-15-3-4-19(16(22)23)8-11-5-12(9-20(11)15)24-14-7-17-13(6-18-14)10-1-2-10/h6-7,10-12H,1-5,8-9H2,(H,22,23)/t11-,12+/m1/s1. The molecular formula is C16H20N4O4. The summed E-state index contributed by atoms with van der Waals surface area (Å²) in [5, 5.41) is 9.19. The van der Waals surface area contributed by atoms with E-state index in [9.17, 15) is 14.7 Å². The monoisotopic (exact) mass is 332 g/mol. The Labute approximate surface area is 139 Å². The van der Waals surface area contributed by atoms with Crippen LogP contribution in [0.25, 0.3) is 0 Å². The van der Waals surface area contributed by atoms with Crippen LogP contribution in [-0.4, -0.2) is 68.7 Å². The number of carbonyl (C=O) groups is 2. The second-order valence-corrected chi connectivity index (χ2v) is 6.71. The number of carboxylic acid groups (broad SMARTS) is 1. The third kappa shape index (κ3) is 3.00. The number of ether oxygens (including phenoxy) is 1. The van der Waals surface area contributed by atoms with Crippen molar-refractivity contribution in [2.75, 3.05) is 19.6 Å². The van der Waals surface area contributed by atoms with Crippen LogP contribution in [-0.2, 0) is 4.79 Å². The van der Waals surface area contributed by atoms with E-state index >= 15 is 0 Å². The molecule has 2 aliphatic heterocycles. The molecule has 0 aromatic carbocycles. The van der Waals surface area contributed by atoms with Gasteiger partial charge in [0.15, 0.2) is 0 Å². The van der Waals surface area contributed by atoms with Crippen molar-refractivity contribution in [1.29, 1.82) is 0 Å². The Morgan fingerprint density at radius 2 is 2.08 bits per heavy atom. The molecule has 1 aromatic heterocycles. The van der Waals surface area contributed by atoms with Gasteiger partial charge in [0.25, 0.3) is 0 Å². The maximum atomic E-state index is 12.2. The molecule has 2 saturated heterocycles. The second-order valence-electron chi connectivity index (χ2n) is 6.71. The molecule has 2 atom stereocenters. The molecule has 128 valence electrons. The van der Waals surface area contributed by atoms with Gasteiger partial charge in [-0.1, -0.05) is 0 Å². The first-order valence-electron chi connectivity index (χ1n) is 8.36. The molecule has 1 saturated carbocycles. The van der Waals surface area contributed by atoms with Crippen molar-refractivity contribution in [3.8, 4) is 5.88 Å². The second kappa shape index (κ2) is 5.92. The van der Waals surface area contributed by atoms with Crippen molar-refractivity contribution in [2.24, 2.45) is 0 Å². The molecule has 3 aliphatic rings. The van der Waals surface area contributed by atoms with Crippen LogP contribution in [0, 0.1) is 0 Å². The van der Waals surface area contributed by atoms with Crippen LogP contribution in [0.4, 0.5) is 4.79 Å². The Kier molecular flexibility index (Phi) is 3.74. The van der Waals surface area contributed by atoms with Crippen LogP contribution in [0.1, 0.15) is 37.3 Å². The molecule has 0 bridgehead atoms. The number of aromatic nitrogens is 2. The minimum atomic E-state index is -0.976. The zero-order valence-electron chi connectivity index (χ0n) is 13.3. The minimum Gasteiger partial charge on any atom is -0.471 e. The summed E-state index contributed by atoms with van der Waals surface area (Å²) in [4.78, 5) is 35.2. The fourth-order valence-corrected chi connectivity index (χ4v) is 3.48. The summed E-state index contributed by atoms with van der Waals surface area (Å²) >= 11 is 0. The third-order valence-corrected chi connectivity index (χ3v) is 4.92. The van der Waals surface area contributed by atoms with E-state index in [2.05, 4.69) is 9.97 Å². The van der Waals surface area contributed by atoms with Gasteiger partial charge in [-0.05, 0) is 12.8 Å². The van der Waals surface area contributed by atoms with Crippen molar-refractivity contribution < 1.29 is 19.4 Å². The Morgan fingerprint density at radius 3 is 2.75 bits per heavy atom. The first-order valence-corrected chi connectivity index (χ1v) is 8.36. The summed E-state index contributed by atoms with van der Waals surface area (Å²) in [6.45, 7) is 1.08. The highest BCUT2D eigenvalue weighted by Gasteiger charge is 2.40. The van der Waals surface area contributed by atoms with Crippen molar-refractivity contribution in [1.82, 2.24) is 19.8 Å². The van der Waals surface area contributed by atoms with E-state index in [1.807, 2.05) is 0 Å². The number of hydrogen-bond acceptors (Lipinski definition) is 5. The van der Waals surface area contributed by atoms with E-state index in [0.29, 0.717) is 31.3 Å². The molecule has 2 amide bonds. The maximum Gasteiger partial charge on any atom is 0.407 e. The highest BCUT2D eigenvalue weighted by atomic mass is 16.5. The predicted octanol–water partition coefficient (Wildman–Crippen LogP) is 1.09. The molecule has 0 unspecified atom stereocenters. The number of nitrogens with zero attached hydrogens (tertiary/aromatic N) is 4. The molecule has 3 fully saturated rings. The zero-order valence-corrected chi connectivity index (χ0v) is 13.3. The highest BCUT2D eigenvalue weighted by Crippen LogP contribution is 2.38. The summed E-state index contributed by atoms with van der Waals surface area (Å²) in [5.41, 5.74) is 1.01. The Hall–Kier alpha value is -2.38. The van der Waals surface area contributed by atoms with Crippen LogP contribution in [0.2, 0.25) is 0 Å². The fourth-order valence-electron chi connectivity index (χ4n) is 3.48. The first-order chi connectivity index (χ1) is 11.6. The molecular weight excluding hydrogens is 312 g/mol. The SMILES string of the molecule is O=C(O)N1CCC(=O)N2C[C@@H](Oc3cnc(C4CC4)cn3)C[C@@H]2C1. The lowest BCUT2D eigenvalue weighted by atomic mass is 10.2. The summed E-state index contributed by atoms with van der Waals surface area (Å²) in [6.07, 6.45) is 5.45. The van der Waals surface area contributed by atoms with Gasteiger partial charge in [0.1, 0.15) is 6.10 Å². The van der Waals surface area contributed by atoms with Gasteiger partial charge in [-0.25, -0.2) is 9.78 Å². The molecule has 24 heavy (non-hydrogen) atoms. The molecule has 0 radical (unpaired) electrons. The quantitative estimate of drug-likeness (QED) is 0.890. The van der Waals surface area contributed by atoms with Gasteiger partial charge in [-0.2, -0.15) is 0 Å². The molecule has 0 spiro atoms. The fraction of sp³-hybridized carbons (Fsp3) is 0.625. The topological polar surface area (TPSA) is 95.9 Å². The molecule has 1 N–H and O–H groups in total. The number of rotatable bonds is 3. The van der Waals surface area contributed by atoms with Gasteiger partial charge in [-0.15, -0.1) is 0 Å². The van der Waals surface area contributed by atoms with E-state index in [-0.39, 0.29) is 31.0 Å². The van der Waals surface area contributed by atoms with Crippen LogP contribution in [0.15, 0.2) is 12.4 Å². The van der Waals surface area contributed by atoms with Gasteiger partial charge in [-0.3, -0.25) is 9.78 Å². The lowest BCUT2D eigenvalue weighted by molar-refractivity contribution is -0.131. The number of amides is 2. The Morgan fingerprint density at radius 1 is 1.25 bits per heavy atom. The van der Waals surface area contributed by atoms with Crippen molar-refractivity contribution in [3.63, 3.8) is 0 Å². The van der Waals surface area contributed by atoms with Gasteiger partial charge in [0.2, 0.25) is 11.8 Å². The first kappa shape index (κ1) is 15.2. The smallest absolute Gasteiger partial charge is 0.407 e. The zero-order chi connectivity index (χ0) is 16.7. The average Bonchev–Trinajstić information content (AvgIpc) is 3.35. The summed E-state index contributed by atoms with van der Waals surface area (Å²) < 4.78 is 5.87. The highest BCUT2D eigenvalue weighted by molar-refractivity contribution is 5.78. The van der Waals surface area contributed by atoms with Crippen LogP contribution in [0.3, 0.4) is 0 Å².